The Hall–Kier alpha value is -3.59. The number of aryl methyl sites for hydroxylation is 1. The molecule has 168 valence electrons. The van der Waals surface area contributed by atoms with Gasteiger partial charge < -0.3 is 10.2 Å². The molecule has 33 heavy (non-hydrogen) atoms. The Kier molecular flexibility index (Phi) is 5.63. The monoisotopic (exact) mass is 460 g/mol. The number of pyridine rings is 2. The van der Waals surface area contributed by atoms with Crippen LogP contribution in [-0.4, -0.2) is 52.9 Å². The van der Waals surface area contributed by atoms with E-state index in [4.69, 9.17) is 0 Å². The predicted molar refractivity (Wildman–Crippen MR) is 130 cm³/mol. The predicted octanol–water partition coefficient (Wildman–Crippen LogP) is 3.24. The van der Waals surface area contributed by atoms with Crippen molar-refractivity contribution in [3.05, 3.63) is 72.4 Å². The van der Waals surface area contributed by atoms with Crippen molar-refractivity contribution in [2.24, 2.45) is 0 Å². The average molecular weight is 461 g/mol. The molecule has 3 aromatic heterocycles. The molecule has 4 aromatic rings. The smallest absolute Gasteiger partial charge is 0.153 e. The molecular formula is C24H24N6O2S. The van der Waals surface area contributed by atoms with Gasteiger partial charge in [-0.25, -0.2) is 18.4 Å². The van der Waals surface area contributed by atoms with Crippen LogP contribution in [0.25, 0.3) is 22.2 Å². The summed E-state index contributed by atoms with van der Waals surface area (Å²) in [5.74, 6) is 1.13. The molecule has 0 bridgehead atoms. The number of sulfone groups is 1. The second-order valence-corrected chi connectivity index (χ2v) is 10.5. The fourth-order valence-electron chi connectivity index (χ4n) is 3.94. The van der Waals surface area contributed by atoms with Crippen LogP contribution in [0.1, 0.15) is 11.3 Å². The van der Waals surface area contributed by atoms with Crippen molar-refractivity contribution in [1.29, 1.82) is 0 Å². The van der Waals surface area contributed by atoms with Crippen LogP contribution in [0.4, 0.5) is 11.5 Å². The second kappa shape index (κ2) is 8.74. The minimum absolute atomic E-state index is 0.190. The molecule has 0 amide bonds. The van der Waals surface area contributed by atoms with E-state index in [2.05, 4.69) is 36.2 Å². The average Bonchev–Trinajstić information content (AvgIpc) is 2.83. The van der Waals surface area contributed by atoms with E-state index in [1.165, 1.54) is 0 Å². The summed E-state index contributed by atoms with van der Waals surface area (Å²) in [6, 6.07) is 14.0. The Labute approximate surface area is 192 Å². The fourth-order valence-corrected chi connectivity index (χ4v) is 5.15. The highest BCUT2D eigenvalue weighted by Gasteiger charge is 2.22. The van der Waals surface area contributed by atoms with E-state index in [-0.39, 0.29) is 11.5 Å². The SMILES string of the molecule is Cc1cc(-c2ccc(CNc3ncnc4cc(N5CCS(=O)(=O)CC5)ccc34)cn2)ccn1. The summed E-state index contributed by atoms with van der Waals surface area (Å²) in [7, 11) is -2.91. The molecule has 1 aliphatic heterocycles. The number of rotatable bonds is 5. The summed E-state index contributed by atoms with van der Waals surface area (Å²) in [4.78, 5) is 19.7. The summed E-state index contributed by atoms with van der Waals surface area (Å²) in [6.07, 6.45) is 5.20. The molecule has 0 spiro atoms. The van der Waals surface area contributed by atoms with Gasteiger partial charge in [-0.1, -0.05) is 6.07 Å². The first kappa shape index (κ1) is 21.3. The van der Waals surface area contributed by atoms with Crippen molar-refractivity contribution in [1.82, 2.24) is 19.9 Å². The standard InChI is InChI=1S/C24H24N6O2S/c1-17-12-19(6-7-25-17)22-5-2-18(14-26-22)15-27-24-21-4-3-20(13-23(21)28-16-29-24)30-8-10-33(31,32)11-9-30/h2-7,12-14,16H,8-11,15H2,1H3,(H,27,28,29). The van der Waals surface area contributed by atoms with E-state index in [0.29, 0.717) is 19.6 Å². The van der Waals surface area contributed by atoms with E-state index < -0.39 is 9.84 Å². The minimum atomic E-state index is -2.91. The molecular weight excluding hydrogens is 436 g/mol. The molecule has 0 radical (unpaired) electrons. The highest BCUT2D eigenvalue weighted by molar-refractivity contribution is 7.91. The van der Waals surface area contributed by atoms with Crippen molar-refractivity contribution < 1.29 is 8.42 Å². The third-order valence-corrected chi connectivity index (χ3v) is 7.42. The van der Waals surface area contributed by atoms with Gasteiger partial charge in [-0.15, -0.1) is 0 Å². The second-order valence-electron chi connectivity index (χ2n) is 8.15. The van der Waals surface area contributed by atoms with Gasteiger partial charge in [0, 0.05) is 54.4 Å². The van der Waals surface area contributed by atoms with Gasteiger partial charge in [0.15, 0.2) is 9.84 Å². The van der Waals surface area contributed by atoms with Crippen LogP contribution < -0.4 is 10.2 Å². The van der Waals surface area contributed by atoms with Crippen LogP contribution in [0, 0.1) is 6.92 Å². The number of nitrogens with zero attached hydrogens (tertiary/aromatic N) is 5. The van der Waals surface area contributed by atoms with Gasteiger partial charge in [-0.3, -0.25) is 9.97 Å². The van der Waals surface area contributed by atoms with E-state index >= 15 is 0 Å². The Morgan fingerprint density at radius 1 is 0.970 bits per heavy atom. The first-order chi connectivity index (χ1) is 16.0. The van der Waals surface area contributed by atoms with Crippen molar-refractivity contribution >= 4 is 32.2 Å². The molecule has 9 heteroatoms. The zero-order chi connectivity index (χ0) is 22.8. The third kappa shape index (κ3) is 4.78. The molecule has 1 aromatic carbocycles. The number of aromatic nitrogens is 4. The van der Waals surface area contributed by atoms with Gasteiger partial charge in [0.2, 0.25) is 0 Å². The largest absolute Gasteiger partial charge is 0.369 e. The molecule has 1 fully saturated rings. The first-order valence-electron chi connectivity index (χ1n) is 10.8. The van der Waals surface area contributed by atoms with Crippen LogP contribution in [0.3, 0.4) is 0 Å². The molecule has 4 heterocycles. The number of fused-ring (bicyclic) bond motifs is 1. The van der Waals surface area contributed by atoms with Crippen LogP contribution in [0.5, 0.6) is 0 Å². The number of benzene rings is 1. The minimum Gasteiger partial charge on any atom is -0.369 e. The van der Waals surface area contributed by atoms with Crippen molar-refractivity contribution in [2.75, 3.05) is 34.8 Å². The Balaban J connectivity index is 1.30. The highest BCUT2D eigenvalue weighted by atomic mass is 32.2. The topological polar surface area (TPSA) is 101 Å². The quantitative estimate of drug-likeness (QED) is 0.484. The van der Waals surface area contributed by atoms with E-state index in [1.807, 2.05) is 49.5 Å². The van der Waals surface area contributed by atoms with Crippen LogP contribution in [0.2, 0.25) is 0 Å². The van der Waals surface area contributed by atoms with Crippen molar-refractivity contribution in [3.63, 3.8) is 0 Å². The zero-order valence-corrected chi connectivity index (χ0v) is 19.1. The summed E-state index contributed by atoms with van der Waals surface area (Å²) in [5, 5.41) is 4.31. The summed E-state index contributed by atoms with van der Waals surface area (Å²) in [5.41, 5.74) is 5.76. The van der Waals surface area contributed by atoms with E-state index in [9.17, 15) is 8.42 Å². The summed E-state index contributed by atoms with van der Waals surface area (Å²) >= 11 is 0. The molecule has 0 atom stereocenters. The number of hydrogen-bond donors (Lipinski definition) is 1. The van der Waals surface area contributed by atoms with Crippen molar-refractivity contribution in [2.45, 2.75) is 13.5 Å². The summed E-state index contributed by atoms with van der Waals surface area (Å²) < 4.78 is 23.4. The molecule has 8 nitrogen and oxygen atoms in total. The molecule has 0 saturated carbocycles. The van der Waals surface area contributed by atoms with Gasteiger partial charge >= 0.3 is 0 Å². The third-order valence-electron chi connectivity index (χ3n) is 5.81. The van der Waals surface area contributed by atoms with Gasteiger partial charge in [-0.05, 0) is 48.9 Å². The van der Waals surface area contributed by atoms with Gasteiger partial charge in [0.25, 0.3) is 0 Å². The molecule has 5 rings (SSSR count). The maximum absolute atomic E-state index is 11.7. The lowest BCUT2D eigenvalue weighted by Crippen LogP contribution is -2.40. The first-order valence-corrected chi connectivity index (χ1v) is 12.6. The molecule has 1 N–H and O–H groups in total. The van der Waals surface area contributed by atoms with E-state index in [0.717, 1.165) is 44.9 Å². The lowest BCUT2D eigenvalue weighted by Gasteiger charge is -2.28. The number of hydrogen-bond acceptors (Lipinski definition) is 8. The fraction of sp³-hybridized carbons (Fsp3) is 0.250. The molecule has 0 aliphatic carbocycles. The van der Waals surface area contributed by atoms with Gasteiger partial charge in [-0.2, -0.15) is 0 Å². The highest BCUT2D eigenvalue weighted by Crippen LogP contribution is 2.26. The Bertz CT molecular complexity index is 1390. The number of nitrogens with one attached hydrogen (secondary N) is 1. The Morgan fingerprint density at radius 3 is 2.58 bits per heavy atom. The molecule has 1 saturated heterocycles. The van der Waals surface area contributed by atoms with Gasteiger partial charge in [0.1, 0.15) is 12.1 Å². The molecule has 1 aliphatic rings. The normalized spacial score (nSPS) is 15.5. The maximum atomic E-state index is 11.7. The van der Waals surface area contributed by atoms with Crippen LogP contribution in [0.15, 0.2) is 61.2 Å². The lowest BCUT2D eigenvalue weighted by molar-refractivity contribution is 0.587. The number of anilines is 2. The van der Waals surface area contributed by atoms with Crippen LogP contribution >= 0.6 is 0 Å². The maximum Gasteiger partial charge on any atom is 0.153 e. The van der Waals surface area contributed by atoms with Crippen LogP contribution in [-0.2, 0) is 16.4 Å². The lowest BCUT2D eigenvalue weighted by atomic mass is 10.1. The van der Waals surface area contributed by atoms with E-state index in [1.54, 1.807) is 12.5 Å². The zero-order valence-electron chi connectivity index (χ0n) is 18.3. The molecule has 0 unspecified atom stereocenters. The van der Waals surface area contributed by atoms with Gasteiger partial charge in [0.05, 0.1) is 22.7 Å². The Morgan fingerprint density at radius 2 is 1.82 bits per heavy atom. The summed E-state index contributed by atoms with van der Waals surface area (Å²) in [6.45, 7) is 3.56. The van der Waals surface area contributed by atoms with Crippen molar-refractivity contribution in [3.8, 4) is 11.3 Å².